The highest BCUT2D eigenvalue weighted by Crippen LogP contribution is 2.31. The van der Waals surface area contributed by atoms with Gasteiger partial charge in [-0.25, -0.2) is 19.9 Å². The first-order chi connectivity index (χ1) is 33.4. The van der Waals surface area contributed by atoms with Crippen LogP contribution in [0.25, 0.3) is 55.9 Å². The summed E-state index contributed by atoms with van der Waals surface area (Å²) >= 11 is 0. The van der Waals surface area contributed by atoms with Gasteiger partial charge < -0.3 is 27.0 Å². The number of nitrogens with one attached hydrogen (secondary N) is 4. The van der Waals surface area contributed by atoms with Gasteiger partial charge >= 0.3 is 0 Å². The average Bonchev–Trinajstić information content (AvgIpc) is 4.12. The SMILES string of the molecule is CC(C)CNc1nc2ccccc2n2c(-c3ccc(C(=O)Nc4cccc(C(N)=O)c4)cc3)cnc12.CC(C)CNc1nc2ccccc2n2c(-c3ccc(C(=O)Nc4ccn(C)n4)cc3)cnc12. The molecule has 0 bridgehead atoms. The summed E-state index contributed by atoms with van der Waals surface area (Å²) in [5, 5.41) is 16.7. The number of primary amides is 1. The van der Waals surface area contributed by atoms with E-state index in [-0.39, 0.29) is 11.8 Å². The van der Waals surface area contributed by atoms with Crippen molar-refractivity contribution in [3.63, 3.8) is 0 Å². The molecular formula is C53H51N13O3. The lowest BCUT2D eigenvalue weighted by Crippen LogP contribution is -2.14. The molecule has 16 nitrogen and oxygen atoms in total. The van der Waals surface area contributed by atoms with Crippen molar-refractivity contribution in [2.75, 3.05) is 34.4 Å². The van der Waals surface area contributed by atoms with Crippen LogP contribution in [0.2, 0.25) is 0 Å². The van der Waals surface area contributed by atoms with Crippen LogP contribution in [0, 0.1) is 11.8 Å². The zero-order chi connectivity index (χ0) is 48.2. The molecule has 69 heavy (non-hydrogen) atoms. The maximum absolute atomic E-state index is 12.8. The predicted octanol–water partition coefficient (Wildman–Crippen LogP) is 9.57. The molecule has 5 aromatic heterocycles. The molecule has 0 saturated heterocycles. The number of nitrogens with zero attached hydrogens (tertiary/aromatic N) is 8. The average molecular weight is 918 g/mol. The molecule has 0 spiro atoms. The molecule has 0 fully saturated rings. The number of imidazole rings is 2. The third kappa shape index (κ3) is 9.81. The Hall–Kier alpha value is -8.92. The van der Waals surface area contributed by atoms with Crippen LogP contribution >= 0.6 is 0 Å². The van der Waals surface area contributed by atoms with Gasteiger partial charge in [0.25, 0.3) is 11.8 Å². The van der Waals surface area contributed by atoms with Gasteiger partial charge in [0.1, 0.15) is 0 Å². The number of para-hydroxylation sites is 4. The van der Waals surface area contributed by atoms with E-state index < -0.39 is 5.91 Å². The fourth-order valence-corrected chi connectivity index (χ4v) is 7.82. The maximum Gasteiger partial charge on any atom is 0.256 e. The lowest BCUT2D eigenvalue weighted by molar-refractivity contribution is 0.0995. The van der Waals surface area contributed by atoms with Crippen LogP contribution in [0.3, 0.4) is 0 Å². The Bertz CT molecular complexity index is 3500. The summed E-state index contributed by atoms with van der Waals surface area (Å²) < 4.78 is 5.86. The highest BCUT2D eigenvalue weighted by molar-refractivity contribution is 6.06. The minimum atomic E-state index is -0.547. The van der Waals surface area contributed by atoms with Crippen LogP contribution in [0.4, 0.5) is 23.1 Å². The second kappa shape index (κ2) is 19.5. The highest BCUT2D eigenvalue weighted by Gasteiger charge is 2.18. The van der Waals surface area contributed by atoms with Crippen LogP contribution < -0.4 is 27.0 Å². The molecule has 0 aliphatic carbocycles. The first-order valence-electron chi connectivity index (χ1n) is 22.6. The van der Waals surface area contributed by atoms with Crippen LogP contribution in [-0.4, -0.2) is 69.3 Å². The molecule has 0 unspecified atom stereocenters. The monoisotopic (exact) mass is 917 g/mol. The third-order valence-corrected chi connectivity index (χ3v) is 11.3. The Kier molecular flexibility index (Phi) is 12.8. The number of aryl methyl sites for hydroxylation is 1. The smallest absolute Gasteiger partial charge is 0.256 e. The topological polar surface area (TPSA) is 204 Å². The lowest BCUT2D eigenvalue weighted by atomic mass is 10.1. The molecule has 0 saturated carbocycles. The number of hydrogen-bond donors (Lipinski definition) is 5. The molecule has 10 rings (SSSR count). The summed E-state index contributed by atoms with van der Waals surface area (Å²) in [6.07, 6.45) is 5.47. The standard InChI is InChI=1S/C28H26N6O2.C25H25N7O/c1-17(2)15-30-26-27-31-16-24(34(27)23-9-4-3-8-22(23)33-26)18-10-12-19(13-11-18)28(36)32-21-7-5-6-20(14-21)25(29)35;1-16(2)14-26-23-24-27-15-21(32(24)20-7-5-4-6-19(20)28-23)17-8-10-18(11-9-17)25(33)29-22-12-13-31(3)30-22/h3-14,16-17H,15H2,1-2H3,(H2,29,35)(H,30,33)(H,32,36);4-13,15-16H,14H2,1-3H3,(H,26,28)(H,29,30,33). The molecule has 0 aliphatic heterocycles. The number of carbonyl (C=O) groups excluding carboxylic acids is 3. The Morgan fingerprint density at radius 2 is 1.07 bits per heavy atom. The van der Waals surface area contributed by atoms with E-state index in [1.807, 2.05) is 104 Å². The fourth-order valence-electron chi connectivity index (χ4n) is 7.82. The molecule has 0 aliphatic rings. The second-order valence-corrected chi connectivity index (χ2v) is 17.4. The quantitative estimate of drug-likeness (QED) is 0.0741. The number of anilines is 4. The minimum Gasteiger partial charge on any atom is -0.367 e. The Morgan fingerprint density at radius 1 is 0.580 bits per heavy atom. The van der Waals surface area contributed by atoms with E-state index >= 15 is 0 Å². The molecule has 6 N–H and O–H groups in total. The van der Waals surface area contributed by atoms with Crippen molar-refractivity contribution in [3.05, 3.63) is 163 Å². The van der Waals surface area contributed by atoms with E-state index in [1.54, 1.807) is 53.3 Å². The van der Waals surface area contributed by atoms with Gasteiger partial charge in [-0.05, 0) is 78.6 Å². The van der Waals surface area contributed by atoms with Crippen molar-refractivity contribution in [2.45, 2.75) is 27.7 Å². The van der Waals surface area contributed by atoms with E-state index in [9.17, 15) is 14.4 Å². The number of hydrogen-bond acceptors (Lipinski definition) is 10. The zero-order valence-corrected chi connectivity index (χ0v) is 38.8. The number of benzene rings is 5. The normalized spacial score (nSPS) is 11.3. The van der Waals surface area contributed by atoms with Gasteiger partial charge in [-0.1, -0.05) is 82.3 Å². The van der Waals surface area contributed by atoms with Crippen LogP contribution in [-0.2, 0) is 7.05 Å². The van der Waals surface area contributed by atoms with Gasteiger partial charge in [0.2, 0.25) is 5.91 Å². The summed E-state index contributed by atoms with van der Waals surface area (Å²) in [5.74, 6) is 1.94. The van der Waals surface area contributed by atoms with E-state index in [2.05, 4.69) is 72.8 Å². The number of nitrogens with two attached hydrogens (primary N) is 1. The van der Waals surface area contributed by atoms with Crippen molar-refractivity contribution in [1.29, 1.82) is 0 Å². The van der Waals surface area contributed by atoms with Crippen molar-refractivity contribution in [1.82, 2.24) is 38.5 Å². The van der Waals surface area contributed by atoms with Crippen molar-refractivity contribution in [2.24, 2.45) is 24.6 Å². The molecule has 3 amide bonds. The Balaban J connectivity index is 0.000000172. The summed E-state index contributed by atoms with van der Waals surface area (Å²) in [4.78, 5) is 55.8. The Morgan fingerprint density at radius 3 is 1.54 bits per heavy atom. The van der Waals surface area contributed by atoms with Crippen LogP contribution in [0.15, 0.2) is 146 Å². The molecule has 5 heterocycles. The molecule has 346 valence electrons. The minimum absolute atomic E-state index is 0.201. The van der Waals surface area contributed by atoms with Gasteiger partial charge in [0.05, 0.1) is 45.8 Å². The van der Waals surface area contributed by atoms with Gasteiger partial charge in [-0.3, -0.25) is 27.9 Å². The van der Waals surface area contributed by atoms with Gasteiger partial charge in [0.15, 0.2) is 28.7 Å². The fraction of sp³-hybridized carbons (Fsp3) is 0.170. The third-order valence-electron chi connectivity index (χ3n) is 11.3. The molecule has 0 radical (unpaired) electrons. The summed E-state index contributed by atoms with van der Waals surface area (Å²) in [6.45, 7) is 10.2. The van der Waals surface area contributed by atoms with E-state index in [1.165, 1.54) is 0 Å². The Labute approximate surface area is 397 Å². The number of aromatic nitrogens is 8. The molecular weight excluding hydrogens is 867 g/mol. The maximum atomic E-state index is 12.8. The lowest BCUT2D eigenvalue weighted by Gasteiger charge is -2.13. The van der Waals surface area contributed by atoms with E-state index in [4.69, 9.17) is 15.7 Å². The van der Waals surface area contributed by atoms with Crippen molar-refractivity contribution >= 4 is 74.2 Å². The second-order valence-electron chi connectivity index (χ2n) is 17.4. The van der Waals surface area contributed by atoms with Gasteiger partial charge in [-0.2, -0.15) is 5.10 Å². The summed E-state index contributed by atoms with van der Waals surface area (Å²) in [5.41, 5.74) is 16.1. The van der Waals surface area contributed by atoms with E-state index in [0.29, 0.717) is 40.0 Å². The van der Waals surface area contributed by atoms with E-state index in [0.717, 1.165) is 80.6 Å². The van der Waals surface area contributed by atoms with Crippen molar-refractivity contribution < 1.29 is 14.4 Å². The number of fused-ring (bicyclic) bond motifs is 6. The largest absolute Gasteiger partial charge is 0.367 e. The van der Waals surface area contributed by atoms with Crippen LogP contribution in [0.1, 0.15) is 58.8 Å². The first-order valence-corrected chi connectivity index (χ1v) is 22.6. The number of amides is 3. The molecule has 5 aromatic carbocycles. The van der Waals surface area contributed by atoms with Crippen molar-refractivity contribution in [3.8, 4) is 22.5 Å². The molecule has 0 atom stereocenters. The zero-order valence-electron chi connectivity index (χ0n) is 38.8. The predicted molar refractivity (Wildman–Crippen MR) is 273 cm³/mol. The number of rotatable bonds is 13. The number of carbonyl (C=O) groups is 3. The highest BCUT2D eigenvalue weighted by atomic mass is 16.2. The summed E-state index contributed by atoms with van der Waals surface area (Å²) in [7, 11) is 1.81. The van der Waals surface area contributed by atoms with Crippen LogP contribution in [0.5, 0.6) is 0 Å². The first kappa shape index (κ1) is 45.2. The van der Waals surface area contributed by atoms with Gasteiger partial charge in [0, 0.05) is 65.9 Å². The molecule has 10 aromatic rings. The summed E-state index contributed by atoms with van der Waals surface area (Å²) in [6, 6.07) is 39.1. The van der Waals surface area contributed by atoms with Gasteiger partial charge in [-0.15, -0.1) is 0 Å². The molecule has 16 heteroatoms.